The van der Waals surface area contributed by atoms with Gasteiger partial charge in [0, 0.05) is 24.7 Å². The Morgan fingerprint density at radius 2 is 2.07 bits per heavy atom. The molecule has 1 aromatic carbocycles. The predicted octanol–water partition coefficient (Wildman–Crippen LogP) is 3.73. The third kappa shape index (κ3) is 6.79. The largest absolute Gasteiger partial charge is 0.379 e. The molecule has 1 N–H and O–H groups in total. The molecule has 0 radical (unpaired) electrons. The third-order valence-corrected chi connectivity index (χ3v) is 5.11. The average Bonchev–Trinajstić information content (AvgIpc) is 2.62. The van der Waals surface area contributed by atoms with E-state index in [0.29, 0.717) is 53.1 Å². The van der Waals surface area contributed by atoms with Crippen LogP contribution < -0.4 is 10.9 Å². The highest BCUT2D eigenvalue weighted by atomic mass is 35.5. The number of ether oxygens (including phenoxy) is 1. The molecular formula is C20H28ClN3O3S. The normalized spacial score (nSPS) is 11.5. The summed E-state index contributed by atoms with van der Waals surface area (Å²) in [5.41, 5.74) is 0.411. The Bertz CT molecular complexity index is 868. The molecule has 0 atom stereocenters. The molecule has 0 spiro atoms. The minimum Gasteiger partial charge on any atom is -0.379 e. The van der Waals surface area contributed by atoms with Gasteiger partial charge in [-0.15, -0.1) is 0 Å². The number of thioether (sulfide) groups is 1. The lowest BCUT2D eigenvalue weighted by molar-refractivity contribution is -0.118. The maximum Gasteiger partial charge on any atom is 0.262 e. The minimum atomic E-state index is -0.128. The standard InChI is InChI=1S/C20H28ClN3O3S/c1-13(2)11-22-18(25)12-28-20-23-17-10-15(21)6-7-16(17)19(26)24(20)8-5-9-27-14(3)4/h6-7,10,13-14H,5,8-9,11-12H2,1-4H3,(H,22,25). The van der Waals surface area contributed by atoms with Gasteiger partial charge in [0.25, 0.3) is 5.56 Å². The van der Waals surface area contributed by atoms with Gasteiger partial charge < -0.3 is 10.1 Å². The molecule has 154 valence electrons. The van der Waals surface area contributed by atoms with Crippen molar-refractivity contribution in [3.8, 4) is 0 Å². The summed E-state index contributed by atoms with van der Waals surface area (Å²) in [5, 5.41) is 4.44. The van der Waals surface area contributed by atoms with E-state index in [1.807, 2.05) is 27.7 Å². The summed E-state index contributed by atoms with van der Waals surface area (Å²) < 4.78 is 7.20. The number of hydrogen-bond donors (Lipinski definition) is 1. The zero-order valence-electron chi connectivity index (χ0n) is 16.8. The number of nitrogens with one attached hydrogen (secondary N) is 1. The van der Waals surface area contributed by atoms with Crippen LogP contribution in [-0.4, -0.2) is 40.5 Å². The van der Waals surface area contributed by atoms with Crippen LogP contribution in [0.1, 0.15) is 34.1 Å². The molecule has 0 unspecified atom stereocenters. The summed E-state index contributed by atoms with van der Waals surface area (Å²) in [6.07, 6.45) is 0.832. The molecule has 0 bridgehead atoms. The van der Waals surface area contributed by atoms with Crippen LogP contribution in [0.2, 0.25) is 5.02 Å². The molecule has 0 saturated carbocycles. The van der Waals surface area contributed by atoms with Crippen molar-refractivity contribution < 1.29 is 9.53 Å². The Morgan fingerprint density at radius 1 is 1.32 bits per heavy atom. The maximum atomic E-state index is 13.0. The van der Waals surface area contributed by atoms with Crippen LogP contribution in [0.25, 0.3) is 10.9 Å². The van der Waals surface area contributed by atoms with Gasteiger partial charge in [-0.25, -0.2) is 4.98 Å². The Hall–Kier alpha value is -1.57. The maximum absolute atomic E-state index is 13.0. The highest BCUT2D eigenvalue weighted by Crippen LogP contribution is 2.20. The van der Waals surface area contributed by atoms with E-state index in [1.54, 1.807) is 22.8 Å². The fraction of sp³-hybridized carbons (Fsp3) is 0.550. The number of amides is 1. The summed E-state index contributed by atoms with van der Waals surface area (Å²) >= 11 is 7.32. The summed E-state index contributed by atoms with van der Waals surface area (Å²) in [4.78, 5) is 29.7. The molecule has 0 aliphatic heterocycles. The van der Waals surface area contributed by atoms with E-state index >= 15 is 0 Å². The fourth-order valence-corrected chi connectivity index (χ4v) is 3.54. The van der Waals surface area contributed by atoms with E-state index in [4.69, 9.17) is 16.3 Å². The molecule has 1 amide bonds. The number of carbonyl (C=O) groups excluding carboxylic acids is 1. The van der Waals surface area contributed by atoms with Crippen LogP contribution in [0.15, 0.2) is 28.2 Å². The van der Waals surface area contributed by atoms with Crippen LogP contribution in [-0.2, 0) is 16.1 Å². The van der Waals surface area contributed by atoms with Gasteiger partial charge in [0.05, 0.1) is 22.8 Å². The molecule has 2 rings (SSSR count). The van der Waals surface area contributed by atoms with Gasteiger partial charge in [-0.1, -0.05) is 37.2 Å². The number of halogens is 1. The number of nitrogens with zero attached hydrogens (tertiary/aromatic N) is 2. The summed E-state index contributed by atoms with van der Waals surface area (Å²) in [6, 6.07) is 5.05. The van der Waals surface area contributed by atoms with Crippen LogP contribution in [0.5, 0.6) is 0 Å². The third-order valence-electron chi connectivity index (χ3n) is 3.90. The molecule has 0 aliphatic rings. The van der Waals surface area contributed by atoms with Crippen molar-refractivity contribution in [1.29, 1.82) is 0 Å². The number of carbonyl (C=O) groups is 1. The lowest BCUT2D eigenvalue weighted by Gasteiger charge is -2.14. The van der Waals surface area contributed by atoms with Crippen molar-refractivity contribution in [2.75, 3.05) is 18.9 Å². The zero-order chi connectivity index (χ0) is 20.7. The van der Waals surface area contributed by atoms with Crippen molar-refractivity contribution in [3.63, 3.8) is 0 Å². The summed E-state index contributed by atoms with van der Waals surface area (Å²) in [7, 11) is 0. The van der Waals surface area contributed by atoms with Gasteiger partial charge in [-0.3, -0.25) is 14.2 Å². The molecule has 1 aromatic heterocycles. The molecule has 0 fully saturated rings. The number of benzene rings is 1. The first-order valence-electron chi connectivity index (χ1n) is 9.49. The molecular weight excluding hydrogens is 398 g/mol. The Labute approximate surface area is 175 Å². The van der Waals surface area contributed by atoms with Crippen LogP contribution in [0.4, 0.5) is 0 Å². The Morgan fingerprint density at radius 3 is 2.75 bits per heavy atom. The molecule has 28 heavy (non-hydrogen) atoms. The smallest absolute Gasteiger partial charge is 0.262 e. The van der Waals surface area contributed by atoms with Gasteiger partial charge in [0.1, 0.15) is 0 Å². The molecule has 8 heteroatoms. The second-order valence-electron chi connectivity index (χ2n) is 7.27. The van der Waals surface area contributed by atoms with Crippen molar-refractivity contribution in [2.45, 2.75) is 51.9 Å². The van der Waals surface area contributed by atoms with E-state index in [9.17, 15) is 9.59 Å². The average molecular weight is 426 g/mol. The van der Waals surface area contributed by atoms with Crippen molar-refractivity contribution in [1.82, 2.24) is 14.9 Å². The quantitative estimate of drug-likeness (QED) is 0.356. The second kappa shape index (κ2) is 10.8. The van der Waals surface area contributed by atoms with Crippen molar-refractivity contribution in [3.05, 3.63) is 33.6 Å². The molecule has 1 heterocycles. The number of rotatable bonds is 10. The number of hydrogen-bond acceptors (Lipinski definition) is 5. The van der Waals surface area contributed by atoms with Crippen LogP contribution in [0.3, 0.4) is 0 Å². The second-order valence-corrected chi connectivity index (χ2v) is 8.65. The molecule has 6 nitrogen and oxygen atoms in total. The van der Waals surface area contributed by atoms with Gasteiger partial charge in [0.15, 0.2) is 5.16 Å². The number of aromatic nitrogens is 2. The lowest BCUT2D eigenvalue weighted by atomic mass is 10.2. The van der Waals surface area contributed by atoms with E-state index in [0.717, 1.165) is 0 Å². The van der Waals surface area contributed by atoms with Crippen LogP contribution in [0, 0.1) is 5.92 Å². The minimum absolute atomic E-state index is 0.0752. The highest BCUT2D eigenvalue weighted by Gasteiger charge is 2.14. The highest BCUT2D eigenvalue weighted by molar-refractivity contribution is 7.99. The summed E-state index contributed by atoms with van der Waals surface area (Å²) in [6.45, 7) is 9.70. The molecule has 0 aliphatic carbocycles. The first-order valence-corrected chi connectivity index (χ1v) is 10.9. The molecule has 2 aromatic rings. The van der Waals surface area contributed by atoms with Crippen molar-refractivity contribution in [2.24, 2.45) is 5.92 Å². The van der Waals surface area contributed by atoms with Gasteiger partial charge in [0.2, 0.25) is 5.91 Å². The van der Waals surface area contributed by atoms with E-state index in [2.05, 4.69) is 10.3 Å². The molecule has 0 saturated heterocycles. The Kier molecular flexibility index (Phi) is 8.79. The zero-order valence-corrected chi connectivity index (χ0v) is 18.4. The Balaban J connectivity index is 2.23. The van der Waals surface area contributed by atoms with Gasteiger partial charge >= 0.3 is 0 Å². The predicted molar refractivity (Wildman–Crippen MR) is 115 cm³/mol. The van der Waals surface area contributed by atoms with Crippen molar-refractivity contribution >= 4 is 40.2 Å². The SMILES string of the molecule is CC(C)CNC(=O)CSc1nc2cc(Cl)ccc2c(=O)n1CCCOC(C)C. The van der Waals surface area contributed by atoms with Gasteiger partial charge in [-0.05, 0) is 44.4 Å². The lowest BCUT2D eigenvalue weighted by Crippen LogP contribution is -2.29. The van der Waals surface area contributed by atoms with Gasteiger partial charge in [-0.2, -0.15) is 0 Å². The van der Waals surface area contributed by atoms with Crippen LogP contribution >= 0.6 is 23.4 Å². The number of fused-ring (bicyclic) bond motifs is 1. The summed E-state index contributed by atoms with van der Waals surface area (Å²) in [5.74, 6) is 0.510. The first-order chi connectivity index (χ1) is 13.3. The fourth-order valence-electron chi connectivity index (χ4n) is 2.52. The van der Waals surface area contributed by atoms with E-state index in [1.165, 1.54) is 11.8 Å². The first kappa shape index (κ1) is 22.7. The monoisotopic (exact) mass is 425 g/mol. The van der Waals surface area contributed by atoms with E-state index in [-0.39, 0.29) is 23.3 Å². The topological polar surface area (TPSA) is 73.2 Å². The van der Waals surface area contributed by atoms with E-state index < -0.39 is 0 Å².